The fourth-order valence-electron chi connectivity index (χ4n) is 1.86. The molecule has 0 radical (unpaired) electrons. The molecule has 0 bridgehead atoms. The van der Waals surface area contributed by atoms with Gasteiger partial charge in [-0.1, -0.05) is 6.07 Å². The molecule has 1 atom stereocenters. The topological polar surface area (TPSA) is 74.2 Å². The Hall–Kier alpha value is -2.06. The van der Waals surface area contributed by atoms with Crippen molar-refractivity contribution in [3.63, 3.8) is 0 Å². The Kier molecular flexibility index (Phi) is 4.59. The monoisotopic (exact) mass is 273 g/mol. The number of methoxy groups -OCH3 is 1. The van der Waals surface area contributed by atoms with E-state index in [0.29, 0.717) is 23.9 Å². The zero-order valence-electron chi connectivity index (χ0n) is 11.8. The van der Waals surface area contributed by atoms with Crippen molar-refractivity contribution < 1.29 is 9.53 Å². The molecule has 1 aromatic carbocycles. The molecule has 0 aromatic heterocycles. The lowest BCUT2D eigenvalue weighted by Gasteiger charge is -2.14. The first-order chi connectivity index (χ1) is 9.63. The molecule has 5 heteroatoms. The minimum absolute atomic E-state index is 0.0353. The average Bonchev–Trinajstić information content (AvgIpc) is 3.28. The number of carbonyl (C=O) groups excluding carboxylic acids is 1. The van der Waals surface area contributed by atoms with Crippen LogP contribution in [0.3, 0.4) is 0 Å². The van der Waals surface area contributed by atoms with E-state index in [4.69, 9.17) is 10.00 Å². The van der Waals surface area contributed by atoms with Gasteiger partial charge in [-0.15, -0.1) is 0 Å². The summed E-state index contributed by atoms with van der Waals surface area (Å²) >= 11 is 0. The largest absolute Gasteiger partial charge is 0.495 e. The molecule has 2 rings (SSSR count). The summed E-state index contributed by atoms with van der Waals surface area (Å²) in [5.41, 5.74) is 1.49. The number of nitrogens with zero attached hydrogens (tertiary/aromatic N) is 1. The summed E-state index contributed by atoms with van der Waals surface area (Å²) in [4.78, 5) is 11.8. The van der Waals surface area contributed by atoms with E-state index in [0.717, 1.165) is 18.4 Å². The van der Waals surface area contributed by atoms with E-state index in [2.05, 4.69) is 16.7 Å². The van der Waals surface area contributed by atoms with Gasteiger partial charge >= 0.3 is 0 Å². The van der Waals surface area contributed by atoms with Gasteiger partial charge in [0.05, 0.1) is 18.7 Å². The van der Waals surface area contributed by atoms with Crippen LogP contribution in [0.4, 0.5) is 0 Å². The molecule has 5 nitrogen and oxygen atoms in total. The van der Waals surface area contributed by atoms with Crippen molar-refractivity contribution in [1.82, 2.24) is 10.6 Å². The molecule has 1 aromatic rings. The lowest BCUT2D eigenvalue weighted by molar-refractivity contribution is -0.122. The van der Waals surface area contributed by atoms with Crippen LogP contribution in [0.15, 0.2) is 18.2 Å². The summed E-state index contributed by atoms with van der Waals surface area (Å²) in [6, 6.07) is 7.62. The first-order valence-corrected chi connectivity index (χ1v) is 6.75. The molecular weight excluding hydrogens is 254 g/mol. The van der Waals surface area contributed by atoms with E-state index >= 15 is 0 Å². The molecule has 20 heavy (non-hydrogen) atoms. The van der Waals surface area contributed by atoms with Gasteiger partial charge in [-0.25, -0.2) is 0 Å². The number of amides is 1. The number of rotatable bonds is 6. The maximum Gasteiger partial charge on any atom is 0.237 e. The van der Waals surface area contributed by atoms with E-state index in [1.807, 2.05) is 19.1 Å². The maximum absolute atomic E-state index is 11.8. The molecule has 1 aliphatic rings. The van der Waals surface area contributed by atoms with Crippen LogP contribution in [-0.4, -0.2) is 25.1 Å². The lowest BCUT2D eigenvalue weighted by atomic mass is 10.1. The molecule has 0 aliphatic heterocycles. The van der Waals surface area contributed by atoms with Crippen molar-refractivity contribution in [2.24, 2.45) is 0 Å². The SMILES string of the molecule is COc1cc(CNC(C)C(=O)NC2CC2)ccc1C#N. The summed E-state index contributed by atoms with van der Waals surface area (Å²) in [7, 11) is 1.54. The van der Waals surface area contributed by atoms with Crippen molar-refractivity contribution in [2.45, 2.75) is 38.4 Å². The number of hydrogen-bond donors (Lipinski definition) is 2. The predicted octanol–water partition coefficient (Wildman–Crippen LogP) is 1.32. The molecule has 1 aliphatic carbocycles. The summed E-state index contributed by atoms with van der Waals surface area (Å²) < 4.78 is 5.16. The number of ether oxygens (including phenoxy) is 1. The fourth-order valence-corrected chi connectivity index (χ4v) is 1.86. The third-order valence-corrected chi connectivity index (χ3v) is 3.32. The Labute approximate surface area is 118 Å². The Bertz CT molecular complexity index is 532. The van der Waals surface area contributed by atoms with Crippen LogP contribution in [0.5, 0.6) is 5.75 Å². The standard InChI is InChI=1S/C15H19N3O2/c1-10(15(19)18-13-5-6-13)17-9-11-3-4-12(8-16)14(7-11)20-2/h3-4,7,10,13,17H,5-6,9H2,1-2H3,(H,18,19). The van der Waals surface area contributed by atoms with Crippen LogP contribution in [-0.2, 0) is 11.3 Å². The highest BCUT2D eigenvalue weighted by Gasteiger charge is 2.25. The second-order valence-electron chi connectivity index (χ2n) is 5.03. The Morgan fingerprint density at radius 1 is 1.55 bits per heavy atom. The first-order valence-electron chi connectivity index (χ1n) is 6.75. The normalized spacial score (nSPS) is 15.2. The van der Waals surface area contributed by atoms with Crippen LogP contribution >= 0.6 is 0 Å². The summed E-state index contributed by atoms with van der Waals surface area (Å²) in [6.45, 7) is 2.40. The second-order valence-corrected chi connectivity index (χ2v) is 5.03. The fraction of sp³-hybridized carbons (Fsp3) is 0.467. The minimum Gasteiger partial charge on any atom is -0.495 e. The van der Waals surface area contributed by atoms with Crippen LogP contribution in [0.25, 0.3) is 0 Å². The molecule has 0 spiro atoms. The van der Waals surface area contributed by atoms with Crippen molar-refractivity contribution >= 4 is 5.91 Å². The van der Waals surface area contributed by atoms with E-state index in [1.165, 1.54) is 0 Å². The number of benzene rings is 1. The van der Waals surface area contributed by atoms with E-state index in [-0.39, 0.29) is 11.9 Å². The Morgan fingerprint density at radius 2 is 2.30 bits per heavy atom. The van der Waals surface area contributed by atoms with Gasteiger partial charge in [0.15, 0.2) is 0 Å². The molecule has 1 fully saturated rings. The van der Waals surface area contributed by atoms with Gasteiger partial charge in [-0.2, -0.15) is 5.26 Å². The summed E-state index contributed by atoms with van der Waals surface area (Å²) in [6.07, 6.45) is 2.18. The molecule has 1 saturated carbocycles. The zero-order valence-corrected chi connectivity index (χ0v) is 11.8. The maximum atomic E-state index is 11.8. The molecule has 0 heterocycles. The molecule has 106 valence electrons. The third kappa shape index (κ3) is 3.72. The van der Waals surface area contributed by atoms with Gasteiger partial charge < -0.3 is 15.4 Å². The van der Waals surface area contributed by atoms with Crippen molar-refractivity contribution in [3.8, 4) is 11.8 Å². The molecular formula is C15H19N3O2. The molecule has 2 N–H and O–H groups in total. The van der Waals surface area contributed by atoms with Gasteiger partial charge in [0.25, 0.3) is 0 Å². The van der Waals surface area contributed by atoms with Crippen LogP contribution < -0.4 is 15.4 Å². The highest BCUT2D eigenvalue weighted by molar-refractivity contribution is 5.81. The number of hydrogen-bond acceptors (Lipinski definition) is 4. The molecule has 1 unspecified atom stereocenters. The van der Waals surface area contributed by atoms with Crippen molar-refractivity contribution in [1.29, 1.82) is 5.26 Å². The Balaban J connectivity index is 1.89. The minimum atomic E-state index is -0.239. The highest BCUT2D eigenvalue weighted by Crippen LogP contribution is 2.20. The average molecular weight is 273 g/mol. The van der Waals surface area contributed by atoms with Crippen LogP contribution in [0.2, 0.25) is 0 Å². The zero-order chi connectivity index (χ0) is 14.5. The highest BCUT2D eigenvalue weighted by atomic mass is 16.5. The molecule has 1 amide bonds. The molecule has 0 saturated heterocycles. The smallest absolute Gasteiger partial charge is 0.237 e. The second kappa shape index (κ2) is 6.40. The number of nitriles is 1. The van der Waals surface area contributed by atoms with Crippen molar-refractivity contribution in [3.05, 3.63) is 29.3 Å². The summed E-state index contributed by atoms with van der Waals surface area (Å²) in [5, 5.41) is 15.1. The van der Waals surface area contributed by atoms with Crippen LogP contribution in [0, 0.1) is 11.3 Å². The quantitative estimate of drug-likeness (QED) is 0.820. The van der Waals surface area contributed by atoms with Gasteiger partial charge in [0.2, 0.25) is 5.91 Å². The Morgan fingerprint density at radius 3 is 2.90 bits per heavy atom. The van der Waals surface area contributed by atoms with E-state index in [9.17, 15) is 4.79 Å². The van der Waals surface area contributed by atoms with Gasteiger partial charge in [-0.05, 0) is 37.5 Å². The van der Waals surface area contributed by atoms with Gasteiger partial charge in [-0.3, -0.25) is 4.79 Å². The van der Waals surface area contributed by atoms with Gasteiger partial charge in [0, 0.05) is 12.6 Å². The number of nitrogens with one attached hydrogen (secondary N) is 2. The van der Waals surface area contributed by atoms with Crippen LogP contribution in [0.1, 0.15) is 30.9 Å². The lowest BCUT2D eigenvalue weighted by Crippen LogP contribution is -2.42. The van der Waals surface area contributed by atoms with E-state index < -0.39 is 0 Å². The number of carbonyl (C=O) groups is 1. The third-order valence-electron chi connectivity index (χ3n) is 3.32. The van der Waals surface area contributed by atoms with E-state index in [1.54, 1.807) is 13.2 Å². The summed E-state index contributed by atoms with van der Waals surface area (Å²) in [5.74, 6) is 0.593. The van der Waals surface area contributed by atoms with Crippen molar-refractivity contribution in [2.75, 3.05) is 7.11 Å². The van der Waals surface area contributed by atoms with Gasteiger partial charge in [0.1, 0.15) is 11.8 Å². The predicted molar refractivity (Wildman–Crippen MR) is 75.2 cm³/mol. The first kappa shape index (κ1) is 14.4.